The molecule has 2 amide bonds. The number of ether oxygens (including phenoxy) is 5. The lowest BCUT2D eigenvalue weighted by molar-refractivity contribution is -0.397. The van der Waals surface area contributed by atoms with Gasteiger partial charge in [-0.15, -0.1) is 0 Å². The number of pyridine rings is 1. The number of carbonyl (C=O) groups excluding carboxylic acids is 2. The lowest BCUT2D eigenvalue weighted by Gasteiger charge is -2.55. The van der Waals surface area contributed by atoms with Gasteiger partial charge in [-0.05, 0) is 101 Å². The maximum Gasteiger partial charge on any atom is 0.315 e. The molecule has 4 fully saturated rings. The van der Waals surface area contributed by atoms with E-state index in [-0.39, 0.29) is 36.2 Å². The number of rotatable bonds is 15. The number of urea groups is 1. The van der Waals surface area contributed by atoms with Crippen LogP contribution < -0.4 is 10.6 Å². The molecule has 4 saturated heterocycles. The summed E-state index contributed by atoms with van der Waals surface area (Å²) in [5.41, 5.74) is -0.889. The van der Waals surface area contributed by atoms with Crippen molar-refractivity contribution in [1.82, 2.24) is 15.6 Å². The first-order valence-corrected chi connectivity index (χ1v) is 23.9. The van der Waals surface area contributed by atoms with Gasteiger partial charge in [0.15, 0.2) is 11.6 Å². The van der Waals surface area contributed by atoms with Gasteiger partial charge in [-0.3, -0.25) is 14.6 Å². The molecular weight excluding hydrogens is 807 g/mol. The van der Waals surface area contributed by atoms with E-state index in [1.54, 1.807) is 19.3 Å². The van der Waals surface area contributed by atoms with Crippen LogP contribution in [-0.4, -0.2) is 104 Å². The third kappa shape index (κ3) is 10.1. The number of ketones is 1. The SMILES string of the molecule is CCC(C(=O)[C@@H](C)[C@@H](O)[C@H](C)[C@@H]1O[C@@H]([C@@H](CC)C(=O)O)CC[C@@H]1C)[C@H]1O[C@]2(C=C[C@@H](NC(=O)NCc3cccnc3)[C@]3(CC[C@@](C)([C@H]4CC[C@](O)(CC)[C@H](C)O4)O3)O2)[C@H](C)C[C@@H]1C. The van der Waals surface area contributed by atoms with Gasteiger partial charge in [-0.1, -0.05) is 67.5 Å². The molecule has 5 N–H and O–H groups in total. The van der Waals surface area contributed by atoms with Gasteiger partial charge in [0.1, 0.15) is 11.8 Å². The summed E-state index contributed by atoms with van der Waals surface area (Å²) in [6.07, 6.45) is 9.75. The van der Waals surface area contributed by atoms with Gasteiger partial charge in [0.25, 0.3) is 0 Å². The summed E-state index contributed by atoms with van der Waals surface area (Å²) < 4.78 is 34.6. The number of aliphatic carboxylic acids is 1. The molecule has 63 heavy (non-hydrogen) atoms. The second kappa shape index (κ2) is 19.9. The van der Waals surface area contributed by atoms with E-state index in [2.05, 4.69) is 36.4 Å². The number of carbonyl (C=O) groups is 3. The molecule has 0 aliphatic carbocycles. The largest absolute Gasteiger partial charge is 0.481 e. The van der Waals surface area contributed by atoms with E-state index in [0.717, 1.165) is 12.0 Å². The summed E-state index contributed by atoms with van der Waals surface area (Å²) in [6, 6.07) is 2.59. The van der Waals surface area contributed by atoms with Crippen LogP contribution in [0, 0.1) is 41.4 Å². The first-order valence-electron chi connectivity index (χ1n) is 23.9. The van der Waals surface area contributed by atoms with Crippen molar-refractivity contribution in [3.8, 4) is 0 Å². The van der Waals surface area contributed by atoms with Crippen LogP contribution in [0.3, 0.4) is 0 Å². The van der Waals surface area contributed by atoms with Gasteiger partial charge in [0, 0.05) is 49.0 Å². The Balaban J connectivity index is 1.23. The van der Waals surface area contributed by atoms with Gasteiger partial charge >= 0.3 is 12.0 Å². The zero-order chi connectivity index (χ0) is 46.1. The Morgan fingerprint density at radius 3 is 2.30 bits per heavy atom. The van der Waals surface area contributed by atoms with E-state index >= 15 is 0 Å². The Bertz CT molecular complexity index is 1770. The molecule has 6 heterocycles. The molecule has 5 aliphatic heterocycles. The third-order valence-electron chi connectivity index (χ3n) is 15.9. The zero-order valence-corrected chi connectivity index (χ0v) is 39.4. The Kier molecular flexibility index (Phi) is 15.6. The topological polar surface area (TPSA) is 195 Å². The number of amides is 2. The average Bonchev–Trinajstić information content (AvgIpc) is 3.60. The average molecular weight is 884 g/mol. The Morgan fingerprint density at radius 1 is 0.937 bits per heavy atom. The molecule has 5 aliphatic rings. The summed E-state index contributed by atoms with van der Waals surface area (Å²) >= 11 is 0. The lowest BCUT2D eigenvalue weighted by Crippen LogP contribution is -2.66. The van der Waals surface area contributed by atoms with Gasteiger partial charge in [0.2, 0.25) is 0 Å². The number of carboxylic acid groups (broad SMARTS) is 1. The van der Waals surface area contributed by atoms with Gasteiger partial charge in [-0.2, -0.15) is 0 Å². The van der Waals surface area contributed by atoms with Crippen LogP contribution in [0.4, 0.5) is 4.79 Å². The van der Waals surface area contributed by atoms with E-state index in [1.807, 2.05) is 65.8 Å². The summed E-state index contributed by atoms with van der Waals surface area (Å²) in [7, 11) is 0. The predicted octanol–water partition coefficient (Wildman–Crippen LogP) is 7.09. The smallest absolute Gasteiger partial charge is 0.315 e. The van der Waals surface area contributed by atoms with E-state index in [1.165, 1.54) is 0 Å². The Labute approximate surface area is 375 Å². The number of aliphatic hydroxyl groups excluding tert-OH is 1. The molecular formula is C49H77N3O11. The van der Waals surface area contributed by atoms with E-state index < -0.39 is 95.0 Å². The number of nitrogens with zero attached hydrogens (tertiary/aromatic N) is 1. The highest BCUT2D eigenvalue weighted by Gasteiger charge is 2.63. The minimum atomic E-state index is -1.36. The van der Waals surface area contributed by atoms with E-state index in [4.69, 9.17) is 23.7 Å². The fourth-order valence-corrected chi connectivity index (χ4v) is 11.5. The first-order chi connectivity index (χ1) is 29.8. The zero-order valence-electron chi connectivity index (χ0n) is 39.4. The van der Waals surface area contributed by atoms with Crippen molar-refractivity contribution in [2.45, 2.75) is 205 Å². The number of aliphatic hydroxyl groups is 2. The summed E-state index contributed by atoms with van der Waals surface area (Å²) in [5, 5.41) is 39.1. The maximum atomic E-state index is 14.7. The van der Waals surface area contributed by atoms with Crippen LogP contribution in [0.15, 0.2) is 36.7 Å². The van der Waals surface area contributed by atoms with Crippen molar-refractivity contribution in [2.75, 3.05) is 0 Å². The molecule has 1 aromatic rings. The van der Waals surface area contributed by atoms with Crippen LogP contribution in [-0.2, 0) is 39.8 Å². The minimum absolute atomic E-state index is 0.0306. The van der Waals surface area contributed by atoms with Crippen molar-refractivity contribution < 1.29 is 53.4 Å². The molecule has 354 valence electrons. The second-order valence-corrected chi connectivity index (χ2v) is 20.1. The fourth-order valence-electron chi connectivity index (χ4n) is 11.5. The van der Waals surface area contributed by atoms with Crippen LogP contribution >= 0.6 is 0 Å². The molecule has 14 nitrogen and oxygen atoms in total. The molecule has 1 unspecified atom stereocenters. The summed E-state index contributed by atoms with van der Waals surface area (Å²) in [5.74, 6) is -6.12. The number of hydrogen-bond acceptors (Lipinski definition) is 11. The van der Waals surface area contributed by atoms with Crippen molar-refractivity contribution in [3.05, 3.63) is 42.2 Å². The quantitative estimate of drug-likeness (QED) is 0.113. The lowest BCUT2D eigenvalue weighted by atomic mass is 9.72. The number of nitrogens with one attached hydrogen (secondary N) is 2. The van der Waals surface area contributed by atoms with Crippen molar-refractivity contribution in [1.29, 1.82) is 0 Å². The van der Waals surface area contributed by atoms with Gasteiger partial charge in [0.05, 0.1) is 53.7 Å². The van der Waals surface area contributed by atoms with Gasteiger partial charge in [-0.25, -0.2) is 4.79 Å². The third-order valence-corrected chi connectivity index (χ3v) is 15.9. The van der Waals surface area contributed by atoms with E-state index in [9.17, 15) is 29.7 Å². The minimum Gasteiger partial charge on any atom is -0.481 e. The standard InChI is InChI=1S/C49H77N3O11/c1-11-35(44(55)56)37-17-16-28(4)42(60-37)32(8)40(53)31(7)41(54)36(12-2)43-29(5)25-30(6)48(61-43)21-18-38(52-45(57)51-27-34-15-14-24-50-26-34)49(63-48)23-22-46(10,62-49)39-19-20-47(58,13-3)33(9)59-39/h14-15,18,21,24,26,28-33,35-40,42-43,53,58H,11-13,16-17,19-20,22-23,25,27H2,1-10H3,(H,55,56)(H2,51,52,57)/t28-,29-,30+,31-,32-,33-,35+,36?,37+,38+,39+,40+,42+,43-,46-,47+,48-,49-/m0/s1. The van der Waals surface area contributed by atoms with E-state index in [0.29, 0.717) is 57.8 Å². The number of carboxylic acids is 1. The van der Waals surface area contributed by atoms with Gasteiger partial charge < -0.3 is 49.6 Å². The Hall–Kier alpha value is -2.98. The maximum absolute atomic E-state index is 14.7. The van der Waals surface area contributed by atoms with Crippen molar-refractivity contribution >= 4 is 17.8 Å². The molecule has 2 spiro atoms. The molecule has 0 aromatic carbocycles. The first kappa shape index (κ1) is 49.5. The highest BCUT2D eigenvalue weighted by Crippen LogP contribution is 2.54. The van der Waals surface area contributed by atoms with Crippen molar-refractivity contribution in [2.24, 2.45) is 41.4 Å². The normalized spacial score (nSPS) is 40.5. The van der Waals surface area contributed by atoms with Crippen LogP contribution in [0.25, 0.3) is 0 Å². The highest BCUT2D eigenvalue weighted by atomic mass is 16.8. The highest BCUT2D eigenvalue weighted by molar-refractivity contribution is 5.84. The Morgan fingerprint density at radius 2 is 1.67 bits per heavy atom. The molecule has 1 aromatic heterocycles. The summed E-state index contributed by atoms with van der Waals surface area (Å²) in [4.78, 5) is 44.5. The molecule has 0 radical (unpaired) electrons. The second-order valence-electron chi connectivity index (χ2n) is 20.1. The number of aromatic nitrogens is 1. The van der Waals surface area contributed by atoms with Crippen LogP contribution in [0.5, 0.6) is 0 Å². The van der Waals surface area contributed by atoms with Crippen LogP contribution in [0.2, 0.25) is 0 Å². The number of hydrogen-bond donors (Lipinski definition) is 5. The molecule has 0 bridgehead atoms. The summed E-state index contributed by atoms with van der Waals surface area (Å²) in [6.45, 7) is 19.9. The molecule has 14 heteroatoms. The monoisotopic (exact) mass is 884 g/mol. The van der Waals surface area contributed by atoms with Crippen molar-refractivity contribution in [3.63, 3.8) is 0 Å². The molecule has 6 rings (SSSR count). The molecule has 18 atom stereocenters. The fraction of sp³-hybridized carbons (Fsp3) is 0.796. The molecule has 0 saturated carbocycles. The predicted molar refractivity (Wildman–Crippen MR) is 236 cm³/mol. The number of Topliss-reactive ketones (excluding diaryl/α,β-unsaturated/α-hetero) is 1. The van der Waals surface area contributed by atoms with Crippen LogP contribution in [0.1, 0.15) is 139 Å².